The van der Waals surface area contributed by atoms with Gasteiger partial charge in [-0.3, -0.25) is 4.98 Å². The number of nitrogens with zero attached hydrogens (tertiary/aromatic N) is 2. The van der Waals surface area contributed by atoms with Gasteiger partial charge in [-0.25, -0.2) is 0 Å². The van der Waals surface area contributed by atoms with Crippen molar-refractivity contribution in [3.63, 3.8) is 0 Å². The number of hydrogen-bond acceptors (Lipinski definition) is 2. The number of nitrogen functional groups attached to an aromatic ring is 1. The molecule has 3 nitrogen and oxygen atoms in total. The Morgan fingerprint density at radius 3 is 2.78 bits per heavy atom. The highest BCUT2D eigenvalue weighted by Crippen LogP contribution is 2.30. The molecule has 0 radical (unpaired) electrons. The van der Waals surface area contributed by atoms with Gasteiger partial charge in [-0.1, -0.05) is 23.7 Å². The molecule has 2 heterocycles. The molecule has 0 unspecified atom stereocenters. The minimum absolute atomic E-state index is 0.705. The van der Waals surface area contributed by atoms with Crippen LogP contribution in [0.4, 0.5) is 5.69 Å². The maximum atomic E-state index is 6.23. The summed E-state index contributed by atoms with van der Waals surface area (Å²) in [5, 5.41) is 1.84. The maximum absolute atomic E-state index is 6.23. The second kappa shape index (κ2) is 4.03. The van der Waals surface area contributed by atoms with E-state index in [0.29, 0.717) is 5.69 Å². The van der Waals surface area contributed by atoms with Crippen LogP contribution < -0.4 is 5.73 Å². The lowest BCUT2D eigenvalue weighted by Crippen LogP contribution is -1.95. The topological polar surface area (TPSA) is 43.8 Å². The van der Waals surface area contributed by atoms with E-state index < -0.39 is 0 Å². The van der Waals surface area contributed by atoms with E-state index >= 15 is 0 Å². The minimum atomic E-state index is 0.705. The van der Waals surface area contributed by atoms with Crippen molar-refractivity contribution in [3.05, 3.63) is 47.6 Å². The van der Waals surface area contributed by atoms with E-state index in [0.717, 1.165) is 27.3 Å². The van der Waals surface area contributed by atoms with Gasteiger partial charge < -0.3 is 10.3 Å². The van der Waals surface area contributed by atoms with E-state index in [4.69, 9.17) is 17.3 Å². The number of aromatic nitrogens is 2. The normalized spacial score (nSPS) is 11.0. The number of hydrogen-bond donors (Lipinski definition) is 1. The summed E-state index contributed by atoms with van der Waals surface area (Å²) in [5.74, 6) is 0. The number of pyridine rings is 1. The first-order valence-corrected chi connectivity index (χ1v) is 6.00. The standard InChI is InChI=1S/C14H12ClN3/c1-18-13(12-8-10(16)5-6-17-12)7-9-3-2-4-11(15)14(9)18/h2-8H,1H3,(H2,16,17). The van der Waals surface area contributed by atoms with Crippen molar-refractivity contribution in [2.45, 2.75) is 0 Å². The lowest BCUT2D eigenvalue weighted by Gasteiger charge is -2.05. The molecule has 0 saturated heterocycles. The summed E-state index contributed by atoms with van der Waals surface area (Å²) < 4.78 is 2.04. The number of para-hydroxylation sites is 1. The summed E-state index contributed by atoms with van der Waals surface area (Å²) in [6.45, 7) is 0. The summed E-state index contributed by atoms with van der Waals surface area (Å²) in [4.78, 5) is 4.35. The van der Waals surface area contributed by atoms with Gasteiger partial charge in [-0.15, -0.1) is 0 Å². The van der Waals surface area contributed by atoms with Crippen LogP contribution in [0.5, 0.6) is 0 Å². The summed E-state index contributed by atoms with van der Waals surface area (Å²) in [6, 6.07) is 11.6. The Morgan fingerprint density at radius 2 is 2.06 bits per heavy atom. The molecule has 4 heteroatoms. The highest BCUT2D eigenvalue weighted by atomic mass is 35.5. The second-order valence-electron chi connectivity index (χ2n) is 4.24. The minimum Gasteiger partial charge on any atom is -0.399 e. The lowest BCUT2D eigenvalue weighted by atomic mass is 10.2. The maximum Gasteiger partial charge on any atom is 0.0887 e. The van der Waals surface area contributed by atoms with Gasteiger partial charge in [0, 0.05) is 24.3 Å². The molecular formula is C14H12ClN3. The molecule has 0 aliphatic rings. The van der Waals surface area contributed by atoms with Gasteiger partial charge >= 0.3 is 0 Å². The Labute approximate surface area is 110 Å². The van der Waals surface area contributed by atoms with E-state index in [9.17, 15) is 0 Å². The third-order valence-electron chi connectivity index (χ3n) is 3.05. The summed E-state index contributed by atoms with van der Waals surface area (Å²) in [7, 11) is 1.98. The smallest absolute Gasteiger partial charge is 0.0887 e. The van der Waals surface area contributed by atoms with Crippen LogP contribution in [0.25, 0.3) is 22.3 Å². The van der Waals surface area contributed by atoms with E-state index in [1.54, 1.807) is 12.3 Å². The number of nitrogens with two attached hydrogens (primary N) is 1. The zero-order chi connectivity index (χ0) is 12.7. The molecule has 0 bridgehead atoms. The number of aryl methyl sites for hydroxylation is 1. The van der Waals surface area contributed by atoms with Crippen LogP contribution in [0.15, 0.2) is 42.6 Å². The molecule has 2 N–H and O–H groups in total. The van der Waals surface area contributed by atoms with E-state index in [1.165, 1.54) is 0 Å². The predicted octanol–water partition coefficient (Wildman–Crippen LogP) is 3.48. The molecule has 3 aromatic rings. The quantitative estimate of drug-likeness (QED) is 0.725. The summed E-state index contributed by atoms with van der Waals surface area (Å²) >= 11 is 6.23. The van der Waals surface area contributed by atoms with E-state index in [2.05, 4.69) is 11.1 Å². The number of benzene rings is 1. The highest BCUT2D eigenvalue weighted by molar-refractivity contribution is 6.35. The van der Waals surface area contributed by atoms with Crippen molar-refractivity contribution in [1.29, 1.82) is 0 Å². The van der Waals surface area contributed by atoms with Crippen LogP contribution in [0, 0.1) is 0 Å². The average molecular weight is 258 g/mol. The molecule has 1 aromatic carbocycles. The molecule has 0 fully saturated rings. The monoisotopic (exact) mass is 257 g/mol. The van der Waals surface area contributed by atoms with Crippen LogP contribution in [-0.2, 0) is 7.05 Å². The Hall–Kier alpha value is -2.00. The highest BCUT2D eigenvalue weighted by Gasteiger charge is 2.11. The third-order valence-corrected chi connectivity index (χ3v) is 3.36. The molecule has 0 amide bonds. The predicted molar refractivity (Wildman–Crippen MR) is 75.6 cm³/mol. The molecule has 0 aliphatic heterocycles. The van der Waals surface area contributed by atoms with Gasteiger partial charge in [-0.05, 0) is 24.3 Å². The van der Waals surface area contributed by atoms with E-state index in [1.807, 2.05) is 35.9 Å². The van der Waals surface area contributed by atoms with Gasteiger partial charge in [0.05, 0.1) is 21.9 Å². The lowest BCUT2D eigenvalue weighted by molar-refractivity contribution is 0.971. The summed E-state index contributed by atoms with van der Waals surface area (Å²) in [5.41, 5.74) is 9.37. The first kappa shape index (κ1) is 11.1. The SMILES string of the molecule is Cn1c(-c2cc(N)ccn2)cc2cccc(Cl)c21. The Bertz CT molecular complexity index is 731. The van der Waals surface area contributed by atoms with Crippen molar-refractivity contribution in [2.75, 3.05) is 5.73 Å². The molecule has 0 aliphatic carbocycles. The largest absolute Gasteiger partial charge is 0.399 e. The van der Waals surface area contributed by atoms with Gasteiger partial charge in [0.1, 0.15) is 0 Å². The van der Waals surface area contributed by atoms with E-state index in [-0.39, 0.29) is 0 Å². The average Bonchev–Trinajstić information content (AvgIpc) is 2.68. The Balaban J connectivity index is 2.31. The number of fused-ring (bicyclic) bond motifs is 1. The van der Waals surface area contributed by atoms with Gasteiger partial charge in [-0.2, -0.15) is 0 Å². The fraction of sp³-hybridized carbons (Fsp3) is 0.0714. The zero-order valence-electron chi connectivity index (χ0n) is 9.89. The fourth-order valence-corrected chi connectivity index (χ4v) is 2.51. The van der Waals surface area contributed by atoms with Gasteiger partial charge in [0.2, 0.25) is 0 Å². The van der Waals surface area contributed by atoms with Gasteiger partial charge in [0.25, 0.3) is 0 Å². The zero-order valence-corrected chi connectivity index (χ0v) is 10.6. The van der Waals surface area contributed by atoms with Crippen LogP contribution in [-0.4, -0.2) is 9.55 Å². The first-order chi connectivity index (χ1) is 8.66. The van der Waals surface area contributed by atoms with Crippen molar-refractivity contribution < 1.29 is 0 Å². The molecule has 0 saturated carbocycles. The number of anilines is 1. The fourth-order valence-electron chi connectivity index (χ4n) is 2.20. The van der Waals surface area contributed by atoms with Crippen LogP contribution >= 0.6 is 11.6 Å². The van der Waals surface area contributed by atoms with Crippen LogP contribution in [0.3, 0.4) is 0 Å². The van der Waals surface area contributed by atoms with Crippen LogP contribution in [0.1, 0.15) is 0 Å². The van der Waals surface area contributed by atoms with Crippen molar-refractivity contribution in [1.82, 2.24) is 9.55 Å². The molecule has 18 heavy (non-hydrogen) atoms. The van der Waals surface area contributed by atoms with Crippen molar-refractivity contribution >= 4 is 28.2 Å². The second-order valence-corrected chi connectivity index (χ2v) is 4.65. The Morgan fingerprint density at radius 1 is 1.22 bits per heavy atom. The molecule has 0 atom stereocenters. The molecule has 2 aromatic heterocycles. The molecular weight excluding hydrogens is 246 g/mol. The first-order valence-electron chi connectivity index (χ1n) is 5.62. The van der Waals surface area contributed by atoms with Gasteiger partial charge in [0.15, 0.2) is 0 Å². The van der Waals surface area contributed by atoms with Crippen molar-refractivity contribution in [2.24, 2.45) is 7.05 Å². The number of halogens is 1. The Kier molecular flexibility index (Phi) is 2.49. The van der Waals surface area contributed by atoms with Crippen molar-refractivity contribution in [3.8, 4) is 11.4 Å². The summed E-state index contributed by atoms with van der Waals surface area (Å²) in [6.07, 6.45) is 1.71. The third kappa shape index (κ3) is 1.64. The van der Waals surface area contributed by atoms with Crippen LogP contribution in [0.2, 0.25) is 5.02 Å². The molecule has 0 spiro atoms. The molecule has 3 rings (SSSR count). The number of rotatable bonds is 1. The molecule has 90 valence electrons.